The van der Waals surface area contributed by atoms with E-state index < -0.39 is 42.7 Å². The number of amides is 2. The fourth-order valence-corrected chi connectivity index (χ4v) is 7.10. The Kier molecular flexibility index (Phi) is 11.5. The zero-order valence-corrected chi connectivity index (χ0v) is 28.9. The normalized spacial score (nSPS) is 24.0. The minimum atomic E-state index is -1.48. The number of hydrogen-bond donors (Lipinski definition) is 5. The number of nitrogens with one attached hydrogen (secondary N) is 1. The van der Waals surface area contributed by atoms with Crippen molar-refractivity contribution in [1.82, 2.24) is 19.7 Å². The molecular formula is C36H49ClN4O7. The van der Waals surface area contributed by atoms with Crippen LogP contribution in [0.25, 0.3) is 10.9 Å². The predicted octanol–water partition coefficient (Wildman–Crippen LogP) is 2.63. The highest BCUT2D eigenvalue weighted by atomic mass is 35.5. The van der Waals surface area contributed by atoms with E-state index in [0.29, 0.717) is 55.5 Å². The van der Waals surface area contributed by atoms with Gasteiger partial charge in [0.25, 0.3) is 0 Å². The van der Waals surface area contributed by atoms with Gasteiger partial charge in [0.2, 0.25) is 11.8 Å². The van der Waals surface area contributed by atoms with Crippen molar-refractivity contribution in [2.45, 2.75) is 95.6 Å². The van der Waals surface area contributed by atoms with Crippen molar-refractivity contribution < 1.29 is 34.8 Å². The maximum atomic E-state index is 13.2. The molecule has 5 rings (SSSR count). The van der Waals surface area contributed by atoms with Gasteiger partial charge in [-0.15, -0.1) is 0 Å². The lowest BCUT2D eigenvalue weighted by Crippen LogP contribution is -2.60. The molecule has 2 saturated heterocycles. The third-order valence-corrected chi connectivity index (χ3v) is 9.95. The third kappa shape index (κ3) is 7.89. The number of hydrogen-bond acceptors (Lipinski definition) is 8. The van der Waals surface area contributed by atoms with Crippen LogP contribution in [-0.4, -0.2) is 115 Å². The number of nitrogens with zero attached hydrogens (tertiary/aromatic N) is 3. The first kappa shape index (κ1) is 36.3. The van der Waals surface area contributed by atoms with Crippen molar-refractivity contribution in [2.24, 2.45) is 0 Å². The van der Waals surface area contributed by atoms with Gasteiger partial charge in [-0.25, -0.2) is 0 Å². The highest BCUT2D eigenvalue weighted by Gasteiger charge is 2.45. The standard InChI is InChI=1S/C36H49ClN4O7/c1-22(2)39-15-17-40(18-16-39)35(47)36(3,4)38-29(43)10-5-7-23-11-13-24(14-12-23)19-41-20-26(25-8-6-9-27(37)30(25)41)34-33(46)32(45)31(44)28(21-42)48-34/h6,8-9,11-14,20,22,28,31-34,42,44-46H,5,7,10,15-19,21H2,1-4H3,(H,38,43)/t28-,31-,32+,33-,34+/m1/s1. The molecule has 2 aliphatic heterocycles. The molecule has 11 nitrogen and oxygen atoms in total. The molecule has 2 aromatic carbocycles. The van der Waals surface area contributed by atoms with Gasteiger partial charge < -0.3 is 39.9 Å². The number of aryl methyl sites for hydroxylation is 1. The first-order valence-corrected chi connectivity index (χ1v) is 17.2. The number of piperazine rings is 1. The summed E-state index contributed by atoms with van der Waals surface area (Å²) in [5.74, 6) is -0.190. The lowest BCUT2D eigenvalue weighted by Gasteiger charge is -2.40. The summed E-state index contributed by atoms with van der Waals surface area (Å²) in [6, 6.07) is 14.0. The number of aromatic nitrogens is 1. The predicted molar refractivity (Wildman–Crippen MR) is 184 cm³/mol. The lowest BCUT2D eigenvalue weighted by atomic mass is 9.91. The number of benzene rings is 2. The van der Waals surface area contributed by atoms with Crippen LogP contribution in [-0.2, 0) is 27.3 Å². The summed E-state index contributed by atoms with van der Waals surface area (Å²) in [7, 11) is 0. The van der Waals surface area contributed by atoms with Crippen molar-refractivity contribution >= 4 is 34.3 Å². The summed E-state index contributed by atoms with van der Waals surface area (Å²) in [4.78, 5) is 30.2. The Morgan fingerprint density at radius 1 is 0.979 bits per heavy atom. The number of rotatable bonds is 11. The van der Waals surface area contributed by atoms with E-state index in [1.54, 1.807) is 26.0 Å². The summed E-state index contributed by atoms with van der Waals surface area (Å²) in [6.07, 6.45) is -2.84. The SMILES string of the molecule is CC(C)N1CCN(C(=O)C(C)(C)NC(=O)CCCc2ccc(Cn3cc([C@@H]4O[C@H](CO)[C@@H](O)[C@H](O)[C@H]4O)c4cccc(Cl)c43)cc2)CC1. The number of carbonyl (C=O) groups excluding carboxylic acids is 2. The number of fused-ring (bicyclic) bond motifs is 1. The molecule has 12 heteroatoms. The topological polar surface area (TPSA) is 148 Å². The van der Waals surface area contributed by atoms with Crippen molar-refractivity contribution in [2.75, 3.05) is 32.8 Å². The highest BCUT2D eigenvalue weighted by Crippen LogP contribution is 2.39. The second-order valence-electron chi connectivity index (χ2n) is 13.9. The van der Waals surface area contributed by atoms with Gasteiger partial charge in [-0.1, -0.05) is 48.0 Å². The quantitative estimate of drug-likeness (QED) is 0.207. The number of halogens is 1. The Morgan fingerprint density at radius 3 is 2.29 bits per heavy atom. The Hall–Kier alpha value is -3.03. The summed E-state index contributed by atoms with van der Waals surface area (Å²) in [5.41, 5.74) is 2.45. The van der Waals surface area contributed by atoms with Gasteiger partial charge in [0.15, 0.2) is 0 Å². The average molecular weight is 685 g/mol. The zero-order valence-electron chi connectivity index (χ0n) is 28.2. The molecule has 0 bridgehead atoms. The van der Waals surface area contributed by atoms with Gasteiger partial charge in [-0.05, 0) is 57.7 Å². The maximum absolute atomic E-state index is 13.2. The van der Waals surface area contributed by atoms with Gasteiger partial charge in [0.05, 0.1) is 17.1 Å². The van der Waals surface area contributed by atoms with Crippen LogP contribution in [0.4, 0.5) is 0 Å². The Balaban J connectivity index is 1.18. The van der Waals surface area contributed by atoms with Crippen LogP contribution < -0.4 is 5.32 Å². The molecule has 2 aliphatic rings. The van der Waals surface area contributed by atoms with Crippen molar-refractivity contribution in [3.63, 3.8) is 0 Å². The number of aliphatic hydroxyl groups is 4. The Morgan fingerprint density at radius 2 is 1.65 bits per heavy atom. The van der Waals surface area contributed by atoms with E-state index in [9.17, 15) is 30.0 Å². The Labute approximate surface area is 287 Å². The van der Waals surface area contributed by atoms with Crippen LogP contribution in [0.5, 0.6) is 0 Å². The largest absolute Gasteiger partial charge is 0.394 e. The van der Waals surface area contributed by atoms with Crippen LogP contribution in [0, 0.1) is 0 Å². The molecule has 0 aliphatic carbocycles. The van der Waals surface area contributed by atoms with Crippen LogP contribution >= 0.6 is 11.6 Å². The molecule has 3 heterocycles. The van der Waals surface area contributed by atoms with Gasteiger partial charge in [-0.3, -0.25) is 14.5 Å². The van der Waals surface area contributed by atoms with Crippen LogP contribution in [0.1, 0.15) is 63.3 Å². The van der Waals surface area contributed by atoms with E-state index in [2.05, 4.69) is 24.1 Å². The van der Waals surface area contributed by atoms with Gasteiger partial charge in [0.1, 0.15) is 36.1 Å². The average Bonchev–Trinajstić information content (AvgIpc) is 3.43. The number of para-hydroxylation sites is 1. The molecule has 0 unspecified atom stereocenters. The molecule has 0 spiro atoms. The van der Waals surface area contributed by atoms with E-state index in [0.717, 1.165) is 35.1 Å². The second-order valence-corrected chi connectivity index (χ2v) is 14.3. The molecule has 5 atom stereocenters. The zero-order chi connectivity index (χ0) is 34.7. The fourth-order valence-electron chi connectivity index (χ4n) is 6.81. The minimum absolute atomic E-state index is 0.0492. The summed E-state index contributed by atoms with van der Waals surface area (Å²) < 4.78 is 7.82. The van der Waals surface area contributed by atoms with Crippen molar-refractivity contribution in [3.05, 3.63) is 70.4 Å². The monoisotopic (exact) mass is 684 g/mol. The number of ether oxygens (including phenoxy) is 1. The summed E-state index contributed by atoms with van der Waals surface area (Å²) in [6.45, 7) is 10.8. The number of aliphatic hydroxyl groups excluding tert-OH is 4. The maximum Gasteiger partial charge on any atom is 0.247 e. The molecule has 2 fully saturated rings. The molecule has 1 aromatic heterocycles. The van der Waals surface area contributed by atoms with Crippen LogP contribution in [0.15, 0.2) is 48.7 Å². The molecular weight excluding hydrogens is 636 g/mol. The third-order valence-electron chi connectivity index (χ3n) is 9.64. The van der Waals surface area contributed by atoms with Gasteiger partial charge in [-0.2, -0.15) is 0 Å². The van der Waals surface area contributed by atoms with Gasteiger partial charge >= 0.3 is 0 Å². The first-order valence-electron chi connectivity index (χ1n) is 16.8. The summed E-state index contributed by atoms with van der Waals surface area (Å²) >= 11 is 6.64. The number of carbonyl (C=O) groups is 2. The van der Waals surface area contributed by atoms with E-state index in [1.165, 1.54) is 0 Å². The molecule has 0 saturated carbocycles. The molecule has 262 valence electrons. The van der Waals surface area contributed by atoms with Crippen LogP contribution in [0.3, 0.4) is 0 Å². The minimum Gasteiger partial charge on any atom is -0.394 e. The smallest absolute Gasteiger partial charge is 0.247 e. The molecule has 48 heavy (non-hydrogen) atoms. The fraction of sp³-hybridized carbons (Fsp3) is 0.556. The highest BCUT2D eigenvalue weighted by molar-refractivity contribution is 6.35. The van der Waals surface area contributed by atoms with Gasteiger partial charge in [0, 0.05) is 62.3 Å². The molecule has 2 amide bonds. The lowest BCUT2D eigenvalue weighted by molar-refractivity contribution is -0.231. The molecule has 5 N–H and O–H groups in total. The molecule has 3 aromatic rings. The van der Waals surface area contributed by atoms with E-state index in [1.807, 2.05) is 46.0 Å². The van der Waals surface area contributed by atoms with Crippen molar-refractivity contribution in [1.29, 1.82) is 0 Å². The van der Waals surface area contributed by atoms with Crippen LogP contribution in [0.2, 0.25) is 5.02 Å². The summed E-state index contributed by atoms with van der Waals surface area (Å²) in [5, 5.41) is 45.3. The Bertz CT molecular complexity index is 1570. The second kappa shape index (κ2) is 15.2. The van der Waals surface area contributed by atoms with E-state index >= 15 is 0 Å². The van der Waals surface area contributed by atoms with Crippen molar-refractivity contribution in [3.8, 4) is 0 Å². The van der Waals surface area contributed by atoms with E-state index in [4.69, 9.17) is 16.3 Å². The first-order chi connectivity index (χ1) is 22.8. The molecule has 0 radical (unpaired) electrons. The van der Waals surface area contributed by atoms with E-state index in [-0.39, 0.29) is 11.8 Å².